The van der Waals surface area contributed by atoms with Crippen LogP contribution in [0.2, 0.25) is 0 Å². The first-order valence-corrected chi connectivity index (χ1v) is 8.47. The third kappa shape index (κ3) is 3.61. The van der Waals surface area contributed by atoms with E-state index in [-0.39, 0.29) is 30.0 Å². The number of amides is 1. The van der Waals surface area contributed by atoms with Crippen LogP contribution in [0, 0.1) is 12.7 Å². The number of aryl methyl sites for hydroxylation is 1. The molecule has 2 fully saturated rings. The van der Waals surface area contributed by atoms with Gasteiger partial charge in [-0.2, -0.15) is 0 Å². The van der Waals surface area contributed by atoms with E-state index in [9.17, 15) is 9.18 Å². The zero-order valence-corrected chi connectivity index (χ0v) is 14.3. The number of anilines is 1. The second-order valence-electron chi connectivity index (χ2n) is 6.74. The summed E-state index contributed by atoms with van der Waals surface area (Å²) in [4.78, 5) is 14.3. The Hall–Kier alpha value is -1.50. The van der Waals surface area contributed by atoms with Gasteiger partial charge in [0.25, 0.3) is 0 Å². The molecule has 24 heavy (non-hydrogen) atoms. The fourth-order valence-corrected chi connectivity index (χ4v) is 3.68. The van der Waals surface area contributed by atoms with E-state index in [4.69, 9.17) is 9.47 Å². The van der Waals surface area contributed by atoms with Crippen LogP contribution >= 0.6 is 0 Å². The van der Waals surface area contributed by atoms with E-state index in [2.05, 4.69) is 10.2 Å². The number of piperidine rings is 1. The van der Waals surface area contributed by atoms with Crippen LogP contribution in [0.4, 0.5) is 10.1 Å². The second kappa shape index (κ2) is 7.17. The quantitative estimate of drug-likeness (QED) is 0.917. The topological polar surface area (TPSA) is 50.8 Å². The minimum absolute atomic E-state index is 0.0154. The van der Waals surface area contributed by atoms with Gasteiger partial charge in [-0.25, -0.2) is 4.39 Å². The highest BCUT2D eigenvalue weighted by molar-refractivity contribution is 5.92. The zero-order chi connectivity index (χ0) is 17.2. The summed E-state index contributed by atoms with van der Waals surface area (Å²) in [5, 5.41) is 2.76. The summed E-state index contributed by atoms with van der Waals surface area (Å²) in [7, 11) is 1.70. The molecular formula is C18H25FN2O3. The van der Waals surface area contributed by atoms with Crippen molar-refractivity contribution >= 4 is 11.6 Å². The van der Waals surface area contributed by atoms with Crippen molar-refractivity contribution in [3.63, 3.8) is 0 Å². The number of carbonyl (C=O) groups excluding carboxylic acids is 1. The number of likely N-dealkylation sites (tertiary alicyclic amines) is 1. The number of rotatable bonds is 4. The largest absolute Gasteiger partial charge is 0.377 e. The summed E-state index contributed by atoms with van der Waals surface area (Å²) in [6.07, 6.45) is 2.95. The van der Waals surface area contributed by atoms with Crippen molar-refractivity contribution in [3.05, 3.63) is 29.6 Å². The van der Waals surface area contributed by atoms with Crippen molar-refractivity contribution in [2.45, 2.75) is 37.9 Å². The first kappa shape index (κ1) is 17.3. The SMILES string of the molecule is CO[C@@H]1CN(CC(=O)Nc2ccc(C)c(F)c2)CC[C@@]12CCCO2. The minimum atomic E-state index is -0.314. The Bertz CT molecular complexity index is 602. The van der Waals surface area contributed by atoms with Gasteiger partial charge in [0.2, 0.25) is 5.91 Å². The van der Waals surface area contributed by atoms with Crippen LogP contribution in [0.1, 0.15) is 24.8 Å². The van der Waals surface area contributed by atoms with E-state index >= 15 is 0 Å². The summed E-state index contributed by atoms with van der Waals surface area (Å²) < 4.78 is 25.2. The average molecular weight is 336 g/mol. The molecule has 132 valence electrons. The van der Waals surface area contributed by atoms with Crippen LogP contribution in [0.15, 0.2) is 18.2 Å². The van der Waals surface area contributed by atoms with Crippen molar-refractivity contribution in [1.82, 2.24) is 4.90 Å². The molecule has 6 heteroatoms. The number of hydrogen-bond donors (Lipinski definition) is 1. The summed E-state index contributed by atoms with van der Waals surface area (Å²) in [6, 6.07) is 4.72. The van der Waals surface area contributed by atoms with E-state index in [1.807, 2.05) is 0 Å². The number of hydrogen-bond acceptors (Lipinski definition) is 4. The van der Waals surface area contributed by atoms with Crippen molar-refractivity contribution < 1.29 is 18.7 Å². The van der Waals surface area contributed by atoms with Crippen molar-refractivity contribution in [1.29, 1.82) is 0 Å². The lowest BCUT2D eigenvalue weighted by molar-refractivity contribution is -0.145. The minimum Gasteiger partial charge on any atom is -0.377 e. The molecule has 0 unspecified atom stereocenters. The molecule has 0 radical (unpaired) electrons. The van der Waals surface area contributed by atoms with Crippen LogP contribution in [0.5, 0.6) is 0 Å². The maximum absolute atomic E-state index is 13.6. The molecule has 0 aromatic heterocycles. The molecule has 5 nitrogen and oxygen atoms in total. The highest BCUT2D eigenvalue weighted by Crippen LogP contribution is 2.37. The normalized spacial score (nSPS) is 27.5. The molecule has 2 heterocycles. The number of halogens is 1. The van der Waals surface area contributed by atoms with Gasteiger partial charge >= 0.3 is 0 Å². The Morgan fingerprint density at radius 3 is 3.00 bits per heavy atom. The molecule has 2 aliphatic heterocycles. The molecule has 2 atom stereocenters. The van der Waals surface area contributed by atoms with E-state index in [1.54, 1.807) is 26.2 Å². The van der Waals surface area contributed by atoms with Gasteiger partial charge in [-0.1, -0.05) is 6.07 Å². The van der Waals surface area contributed by atoms with Gasteiger partial charge < -0.3 is 14.8 Å². The van der Waals surface area contributed by atoms with E-state index < -0.39 is 0 Å². The number of nitrogens with zero attached hydrogens (tertiary/aromatic N) is 1. The number of ether oxygens (including phenoxy) is 2. The van der Waals surface area contributed by atoms with Gasteiger partial charge in [0.15, 0.2) is 0 Å². The van der Waals surface area contributed by atoms with Gasteiger partial charge in [0.05, 0.1) is 18.2 Å². The van der Waals surface area contributed by atoms with Gasteiger partial charge in [0.1, 0.15) is 5.82 Å². The molecule has 0 aliphatic carbocycles. The lowest BCUT2D eigenvalue weighted by atomic mass is 9.86. The smallest absolute Gasteiger partial charge is 0.238 e. The number of benzene rings is 1. The molecule has 3 rings (SSSR count). The molecule has 0 bridgehead atoms. The predicted octanol–water partition coefficient (Wildman–Crippen LogP) is 2.34. The van der Waals surface area contributed by atoms with Gasteiger partial charge in [-0.3, -0.25) is 9.69 Å². The lowest BCUT2D eigenvalue weighted by Gasteiger charge is -2.44. The van der Waals surface area contributed by atoms with Crippen molar-refractivity contribution in [2.24, 2.45) is 0 Å². The van der Waals surface area contributed by atoms with E-state index in [0.717, 1.165) is 32.4 Å². The first-order valence-electron chi connectivity index (χ1n) is 8.47. The summed E-state index contributed by atoms with van der Waals surface area (Å²) in [5.74, 6) is -0.457. The molecule has 1 aromatic rings. The monoisotopic (exact) mass is 336 g/mol. The molecule has 1 spiro atoms. The molecule has 2 aliphatic rings. The van der Waals surface area contributed by atoms with Crippen molar-refractivity contribution in [2.75, 3.05) is 38.7 Å². The standard InChI is InChI=1S/C18H25FN2O3/c1-13-4-5-14(10-15(13)19)20-17(22)12-21-8-7-18(6-3-9-24-18)16(11-21)23-2/h4-5,10,16H,3,6-9,11-12H2,1-2H3,(H,20,22)/t16-,18+/m1/s1. The molecule has 2 saturated heterocycles. The Labute approximate surface area is 142 Å². The fourth-order valence-electron chi connectivity index (χ4n) is 3.68. The summed E-state index contributed by atoms with van der Waals surface area (Å²) in [5.41, 5.74) is 0.870. The van der Waals surface area contributed by atoms with E-state index in [0.29, 0.717) is 17.8 Å². The van der Waals surface area contributed by atoms with E-state index in [1.165, 1.54) is 6.07 Å². The number of methoxy groups -OCH3 is 1. The molecule has 1 aromatic carbocycles. The Balaban J connectivity index is 1.56. The van der Waals surface area contributed by atoms with Crippen LogP contribution in [-0.2, 0) is 14.3 Å². The number of nitrogens with one attached hydrogen (secondary N) is 1. The maximum atomic E-state index is 13.6. The third-order valence-electron chi connectivity index (χ3n) is 5.10. The maximum Gasteiger partial charge on any atom is 0.238 e. The number of carbonyl (C=O) groups is 1. The highest BCUT2D eigenvalue weighted by Gasteiger charge is 2.46. The van der Waals surface area contributed by atoms with Gasteiger partial charge in [-0.15, -0.1) is 0 Å². The fraction of sp³-hybridized carbons (Fsp3) is 0.611. The van der Waals surface area contributed by atoms with Crippen LogP contribution < -0.4 is 5.32 Å². The average Bonchev–Trinajstić information content (AvgIpc) is 3.02. The van der Waals surface area contributed by atoms with Gasteiger partial charge in [0, 0.05) is 32.5 Å². The van der Waals surface area contributed by atoms with Crippen LogP contribution in [-0.4, -0.2) is 55.9 Å². The molecular weight excluding hydrogens is 311 g/mol. The predicted molar refractivity (Wildman–Crippen MR) is 89.5 cm³/mol. The molecule has 0 saturated carbocycles. The van der Waals surface area contributed by atoms with Crippen LogP contribution in [0.25, 0.3) is 0 Å². The van der Waals surface area contributed by atoms with Gasteiger partial charge in [-0.05, 0) is 43.9 Å². The zero-order valence-electron chi connectivity index (χ0n) is 14.3. The third-order valence-corrected chi connectivity index (χ3v) is 5.10. The summed E-state index contributed by atoms with van der Waals surface area (Å²) in [6.45, 7) is 4.23. The summed E-state index contributed by atoms with van der Waals surface area (Å²) >= 11 is 0. The lowest BCUT2D eigenvalue weighted by Crippen LogP contribution is -2.57. The Morgan fingerprint density at radius 1 is 1.50 bits per heavy atom. The molecule has 1 N–H and O–H groups in total. The Kier molecular flexibility index (Phi) is 5.18. The van der Waals surface area contributed by atoms with Crippen molar-refractivity contribution in [3.8, 4) is 0 Å². The molecule has 1 amide bonds. The Morgan fingerprint density at radius 2 is 2.33 bits per heavy atom. The highest BCUT2D eigenvalue weighted by atomic mass is 19.1. The first-order chi connectivity index (χ1) is 11.5. The second-order valence-corrected chi connectivity index (χ2v) is 6.74. The van der Waals surface area contributed by atoms with Crippen LogP contribution in [0.3, 0.4) is 0 Å².